The maximum Gasteiger partial charge on any atom is 0.183 e. The van der Waals surface area contributed by atoms with Crippen LogP contribution in [0.2, 0.25) is 0 Å². The van der Waals surface area contributed by atoms with Crippen molar-refractivity contribution in [3.8, 4) is 0 Å². The van der Waals surface area contributed by atoms with E-state index in [9.17, 15) is 0 Å². The highest BCUT2D eigenvalue weighted by atomic mass is 79.9. The molecule has 0 radical (unpaired) electrons. The van der Waals surface area contributed by atoms with Gasteiger partial charge in [0.2, 0.25) is 0 Å². The minimum atomic E-state index is 0.710. The van der Waals surface area contributed by atoms with E-state index in [2.05, 4.69) is 42.2 Å². The minimum absolute atomic E-state index is 0.710. The SMILES string of the molecule is Cc1ncsc1CNCc1cc(Br)c(Br)o1. The number of furan rings is 1. The second kappa shape index (κ2) is 5.44. The Hall–Kier alpha value is -0.170. The largest absolute Gasteiger partial charge is 0.452 e. The van der Waals surface area contributed by atoms with E-state index in [1.807, 2.05) is 18.5 Å². The summed E-state index contributed by atoms with van der Waals surface area (Å²) in [4.78, 5) is 5.47. The molecule has 1 N–H and O–H groups in total. The molecule has 2 rings (SSSR count). The van der Waals surface area contributed by atoms with Crippen LogP contribution < -0.4 is 5.32 Å². The zero-order valence-electron chi connectivity index (χ0n) is 8.59. The first-order chi connectivity index (χ1) is 7.66. The van der Waals surface area contributed by atoms with E-state index < -0.39 is 0 Å². The van der Waals surface area contributed by atoms with Gasteiger partial charge in [0.1, 0.15) is 5.76 Å². The fourth-order valence-electron chi connectivity index (χ4n) is 1.27. The zero-order valence-corrected chi connectivity index (χ0v) is 12.6. The van der Waals surface area contributed by atoms with Gasteiger partial charge in [-0.1, -0.05) is 0 Å². The van der Waals surface area contributed by atoms with Gasteiger partial charge in [-0.15, -0.1) is 11.3 Å². The Morgan fingerprint density at radius 3 is 2.81 bits per heavy atom. The van der Waals surface area contributed by atoms with Crippen LogP contribution in [-0.4, -0.2) is 4.98 Å². The van der Waals surface area contributed by atoms with E-state index in [0.29, 0.717) is 6.54 Å². The van der Waals surface area contributed by atoms with Crippen molar-refractivity contribution in [1.29, 1.82) is 0 Å². The molecule has 0 spiro atoms. The van der Waals surface area contributed by atoms with Crippen molar-refractivity contribution in [2.45, 2.75) is 20.0 Å². The second-order valence-electron chi connectivity index (χ2n) is 3.30. The van der Waals surface area contributed by atoms with Gasteiger partial charge in [-0.05, 0) is 44.8 Å². The van der Waals surface area contributed by atoms with Crippen molar-refractivity contribution >= 4 is 43.2 Å². The topological polar surface area (TPSA) is 38.1 Å². The van der Waals surface area contributed by atoms with Gasteiger partial charge in [0.25, 0.3) is 0 Å². The molecular weight excluding hydrogens is 356 g/mol. The molecule has 2 heterocycles. The van der Waals surface area contributed by atoms with Crippen molar-refractivity contribution in [2.24, 2.45) is 0 Å². The van der Waals surface area contributed by atoms with Gasteiger partial charge in [-0.3, -0.25) is 0 Å². The Labute approximate surface area is 115 Å². The minimum Gasteiger partial charge on any atom is -0.452 e. The molecule has 2 aromatic rings. The van der Waals surface area contributed by atoms with Crippen LogP contribution in [0.3, 0.4) is 0 Å². The molecule has 0 saturated heterocycles. The van der Waals surface area contributed by atoms with Gasteiger partial charge in [-0.2, -0.15) is 0 Å². The highest BCUT2D eigenvalue weighted by Crippen LogP contribution is 2.26. The lowest BCUT2D eigenvalue weighted by Gasteiger charge is -2.00. The molecule has 6 heteroatoms. The second-order valence-corrected chi connectivity index (χ2v) is 5.81. The van der Waals surface area contributed by atoms with Crippen LogP contribution in [-0.2, 0) is 13.1 Å². The first-order valence-corrected chi connectivity index (χ1v) is 7.17. The molecule has 0 amide bonds. The van der Waals surface area contributed by atoms with E-state index in [0.717, 1.165) is 27.1 Å². The predicted octanol–water partition coefficient (Wildman–Crippen LogP) is 3.86. The Bertz CT molecular complexity index is 461. The van der Waals surface area contributed by atoms with Gasteiger partial charge < -0.3 is 9.73 Å². The lowest BCUT2D eigenvalue weighted by Crippen LogP contribution is -2.11. The third kappa shape index (κ3) is 2.94. The number of aryl methyl sites for hydroxylation is 1. The fourth-order valence-corrected chi connectivity index (χ4v) is 2.68. The molecule has 2 aromatic heterocycles. The van der Waals surface area contributed by atoms with Crippen LogP contribution in [0.4, 0.5) is 0 Å². The average Bonchev–Trinajstić information content (AvgIpc) is 2.76. The van der Waals surface area contributed by atoms with Gasteiger partial charge in [0.15, 0.2) is 4.67 Å². The molecule has 0 aromatic carbocycles. The van der Waals surface area contributed by atoms with E-state index >= 15 is 0 Å². The van der Waals surface area contributed by atoms with Crippen LogP contribution in [0.5, 0.6) is 0 Å². The monoisotopic (exact) mass is 364 g/mol. The summed E-state index contributed by atoms with van der Waals surface area (Å²) in [5.74, 6) is 0.904. The summed E-state index contributed by atoms with van der Waals surface area (Å²) < 4.78 is 7.14. The molecule has 0 aliphatic carbocycles. The highest BCUT2D eigenvalue weighted by molar-refractivity contribution is 9.13. The first-order valence-electron chi connectivity index (χ1n) is 4.70. The van der Waals surface area contributed by atoms with Crippen LogP contribution in [0, 0.1) is 6.92 Å². The molecule has 0 atom stereocenters. The van der Waals surface area contributed by atoms with Gasteiger partial charge >= 0.3 is 0 Å². The number of nitrogens with zero attached hydrogens (tertiary/aromatic N) is 1. The van der Waals surface area contributed by atoms with Crippen molar-refractivity contribution in [2.75, 3.05) is 0 Å². The summed E-state index contributed by atoms with van der Waals surface area (Å²) in [6.07, 6.45) is 0. The number of rotatable bonds is 4. The van der Waals surface area contributed by atoms with Crippen molar-refractivity contribution in [3.63, 3.8) is 0 Å². The molecule has 0 aliphatic rings. The predicted molar refractivity (Wildman–Crippen MR) is 71.5 cm³/mol. The number of nitrogens with one attached hydrogen (secondary N) is 1. The highest BCUT2D eigenvalue weighted by Gasteiger charge is 2.06. The normalized spacial score (nSPS) is 10.9. The summed E-state index contributed by atoms with van der Waals surface area (Å²) in [5.41, 5.74) is 2.96. The average molecular weight is 366 g/mol. The van der Waals surface area contributed by atoms with E-state index in [1.165, 1.54) is 4.88 Å². The molecule has 0 aliphatic heterocycles. The van der Waals surface area contributed by atoms with E-state index in [-0.39, 0.29) is 0 Å². The number of aromatic nitrogens is 1. The van der Waals surface area contributed by atoms with Crippen LogP contribution in [0.25, 0.3) is 0 Å². The van der Waals surface area contributed by atoms with Gasteiger partial charge in [0.05, 0.1) is 22.2 Å². The lowest BCUT2D eigenvalue weighted by molar-refractivity contribution is 0.465. The third-order valence-corrected chi connectivity index (χ3v) is 4.77. The summed E-state index contributed by atoms with van der Waals surface area (Å²) in [5, 5.41) is 3.32. The molecule has 16 heavy (non-hydrogen) atoms. The van der Waals surface area contributed by atoms with Crippen LogP contribution >= 0.6 is 43.2 Å². The van der Waals surface area contributed by atoms with Crippen LogP contribution in [0.15, 0.2) is 25.1 Å². The molecule has 0 bridgehead atoms. The van der Waals surface area contributed by atoms with Crippen molar-refractivity contribution in [1.82, 2.24) is 10.3 Å². The third-order valence-electron chi connectivity index (χ3n) is 2.13. The molecule has 0 fully saturated rings. The quantitative estimate of drug-likeness (QED) is 0.893. The fraction of sp³-hybridized carbons (Fsp3) is 0.300. The lowest BCUT2D eigenvalue weighted by atomic mass is 10.4. The number of halogens is 2. The van der Waals surface area contributed by atoms with Crippen molar-refractivity contribution in [3.05, 3.63) is 37.1 Å². The number of hydrogen-bond donors (Lipinski definition) is 1. The van der Waals surface area contributed by atoms with Crippen molar-refractivity contribution < 1.29 is 4.42 Å². The van der Waals surface area contributed by atoms with Gasteiger partial charge in [-0.25, -0.2) is 4.98 Å². The van der Waals surface area contributed by atoms with E-state index in [1.54, 1.807) is 11.3 Å². The molecule has 0 saturated carbocycles. The van der Waals surface area contributed by atoms with Crippen LogP contribution in [0.1, 0.15) is 16.3 Å². The standard InChI is InChI=1S/C10H10Br2N2OS/c1-6-9(16-5-14-6)4-13-3-7-2-8(11)10(12)15-7/h2,5,13H,3-4H2,1H3. The summed E-state index contributed by atoms with van der Waals surface area (Å²) in [7, 11) is 0. The molecule has 0 unspecified atom stereocenters. The smallest absolute Gasteiger partial charge is 0.183 e. The number of hydrogen-bond acceptors (Lipinski definition) is 4. The Balaban J connectivity index is 1.87. The molecule has 3 nitrogen and oxygen atoms in total. The Morgan fingerprint density at radius 1 is 1.44 bits per heavy atom. The maximum atomic E-state index is 5.46. The Morgan fingerprint density at radius 2 is 2.25 bits per heavy atom. The summed E-state index contributed by atoms with van der Waals surface area (Å²) >= 11 is 8.36. The number of thiazole rings is 1. The Kier molecular flexibility index (Phi) is 4.18. The zero-order chi connectivity index (χ0) is 11.5. The van der Waals surface area contributed by atoms with Gasteiger partial charge in [0, 0.05) is 11.4 Å². The summed E-state index contributed by atoms with van der Waals surface area (Å²) in [6, 6.07) is 1.95. The van der Waals surface area contributed by atoms with E-state index in [4.69, 9.17) is 4.42 Å². The molecular formula is C10H10Br2N2OS. The maximum absolute atomic E-state index is 5.46. The summed E-state index contributed by atoms with van der Waals surface area (Å²) in [6.45, 7) is 3.56. The molecule has 86 valence electrons. The first kappa shape index (κ1) is 12.3.